The molecular formula is C35H56N4O9. The monoisotopic (exact) mass is 676 g/mol. The van der Waals surface area contributed by atoms with Crippen LogP contribution in [-0.4, -0.2) is 90.0 Å². The summed E-state index contributed by atoms with van der Waals surface area (Å²) in [6.07, 6.45) is 1.63. The molecule has 3 rings (SSSR count). The molecule has 13 nitrogen and oxygen atoms in total. The van der Waals surface area contributed by atoms with E-state index in [1.54, 1.807) is 41.5 Å². The van der Waals surface area contributed by atoms with Gasteiger partial charge in [0.25, 0.3) is 0 Å². The van der Waals surface area contributed by atoms with Crippen LogP contribution < -0.4 is 20.7 Å². The number of aliphatic carboxylic acids is 1. The number of carboxylic acid groups (broad SMARTS) is 1. The van der Waals surface area contributed by atoms with Gasteiger partial charge in [-0.05, 0) is 76.5 Å². The maximum Gasteiger partial charge on any atom is 0.417 e. The molecule has 3 atom stereocenters. The van der Waals surface area contributed by atoms with E-state index in [1.807, 2.05) is 38.1 Å². The number of amides is 5. The third kappa shape index (κ3) is 14.5. The molecule has 1 aromatic rings. The molecule has 48 heavy (non-hydrogen) atoms. The van der Waals surface area contributed by atoms with E-state index in [0.29, 0.717) is 25.6 Å². The Bertz CT molecular complexity index is 1220. The normalized spacial score (nSPS) is 18.6. The number of carbonyl (C=O) groups excluding carboxylic acids is 4. The lowest BCUT2D eigenvalue weighted by molar-refractivity contribution is -0.140. The van der Waals surface area contributed by atoms with Gasteiger partial charge < -0.3 is 35.3 Å². The number of hydrogen-bond acceptors (Lipinski definition) is 8. The molecule has 2 heterocycles. The Balaban J connectivity index is 2.11. The van der Waals surface area contributed by atoms with Gasteiger partial charge in [0.15, 0.2) is 0 Å². The van der Waals surface area contributed by atoms with Crippen LogP contribution in [0.1, 0.15) is 93.1 Å². The summed E-state index contributed by atoms with van der Waals surface area (Å²) in [5.41, 5.74) is -0.862. The predicted molar refractivity (Wildman–Crippen MR) is 181 cm³/mol. The van der Waals surface area contributed by atoms with Crippen LogP contribution in [0.5, 0.6) is 5.75 Å². The van der Waals surface area contributed by atoms with E-state index in [0.717, 1.165) is 23.3 Å². The number of hydrogen-bond donors (Lipinski definition) is 4. The van der Waals surface area contributed by atoms with Gasteiger partial charge in [-0.15, -0.1) is 0 Å². The van der Waals surface area contributed by atoms with Crippen molar-refractivity contribution in [2.75, 3.05) is 26.4 Å². The summed E-state index contributed by atoms with van der Waals surface area (Å²) in [6.45, 7) is 15.6. The Morgan fingerprint density at radius 3 is 2.25 bits per heavy atom. The third-order valence-electron chi connectivity index (χ3n) is 7.60. The molecule has 0 spiro atoms. The zero-order valence-electron chi connectivity index (χ0n) is 29.9. The minimum Gasteiger partial charge on any atom is -0.494 e. The number of carbonyl (C=O) groups is 5. The molecule has 270 valence electrons. The molecule has 0 aliphatic carbocycles. The fourth-order valence-electron chi connectivity index (χ4n) is 4.79. The van der Waals surface area contributed by atoms with Crippen molar-refractivity contribution in [3.05, 3.63) is 29.8 Å². The van der Waals surface area contributed by atoms with Crippen molar-refractivity contribution < 1.29 is 43.3 Å². The number of fused-ring (bicyclic) bond motifs is 13. The average Bonchev–Trinajstić information content (AvgIpc) is 2.97. The molecule has 4 N–H and O–H groups in total. The zero-order chi connectivity index (χ0) is 36.1. The van der Waals surface area contributed by atoms with Crippen LogP contribution in [0, 0.1) is 11.3 Å². The second kappa shape index (κ2) is 18.6. The van der Waals surface area contributed by atoms with Gasteiger partial charge in [-0.1, -0.05) is 46.8 Å². The maximum absolute atomic E-state index is 13.5. The van der Waals surface area contributed by atoms with Crippen molar-refractivity contribution in [2.24, 2.45) is 11.3 Å². The smallest absolute Gasteiger partial charge is 0.417 e. The topological polar surface area (TPSA) is 173 Å². The highest BCUT2D eigenvalue weighted by Crippen LogP contribution is 2.21. The van der Waals surface area contributed by atoms with Gasteiger partial charge in [0.1, 0.15) is 23.4 Å². The summed E-state index contributed by atoms with van der Waals surface area (Å²) in [5, 5.41) is 18.0. The second-order valence-corrected chi connectivity index (χ2v) is 14.6. The minimum atomic E-state index is -1.28. The summed E-state index contributed by atoms with van der Waals surface area (Å²) in [4.78, 5) is 65.6. The van der Waals surface area contributed by atoms with Crippen LogP contribution in [0.3, 0.4) is 0 Å². The van der Waals surface area contributed by atoms with Gasteiger partial charge in [-0.2, -0.15) is 0 Å². The number of urea groups is 1. The molecular weight excluding hydrogens is 620 g/mol. The number of nitrogens with zero attached hydrogens (tertiary/aromatic N) is 1. The first-order chi connectivity index (χ1) is 22.4. The quantitative estimate of drug-likeness (QED) is 0.272. The molecule has 1 aromatic carbocycles. The maximum atomic E-state index is 13.5. The van der Waals surface area contributed by atoms with Crippen molar-refractivity contribution in [1.82, 2.24) is 20.9 Å². The standard InChI is InChI=1S/C35H56N4O9/c1-23(2)28-22-46-19-11-12-20-47-25-16-14-24(15-17-25)21-27(29(40)36-28)38-32(44)37-26(30(41)42)13-9-10-18-39(31(43)34(3,4)5)33(45)48-35(6,7)8/h14-17,23,26-28H,9-13,18-22H2,1-8H3,(H,36,40)(H,41,42)(H2,37,38,44)/t26?,27-,28-/m1/s1. The number of nitrogens with one attached hydrogen (secondary N) is 3. The fourth-order valence-corrected chi connectivity index (χ4v) is 4.79. The van der Waals surface area contributed by atoms with Crippen molar-refractivity contribution in [2.45, 2.75) is 118 Å². The lowest BCUT2D eigenvalue weighted by Gasteiger charge is -2.30. The highest BCUT2D eigenvalue weighted by atomic mass is 16.6. The second-order valence-electron chi connectivity index (χ2n) is 14.6. The Labute approximate surface area is 284 Å². The number of unbranched alkanes of at least 4 members (excludes halogenated alkanes) is 1. The molecule has 0 radical (unpaired) electrons. The van der Waals surface area contributed by atoms with Crippen molar-refractivity contribution in [3.63, 3.8) is 0 Å². The minimum absolute atomic E-state index is 0.0242. The summed E-state index contributed by atoms with van der Waals surface area (Å²) in [6, 6.07) is 3.88. The number of imide groups is 1. The molecule has 0 aromatic heterocycles. The summed E-state index contributed by atoms with van der Waals surface area (Å²) < 4.78 is 17.0. The van der Waals surface area contributed by atoms with Crippen molar-refractivity contribution in [3.8, 4) is 5.75 Å². The lowest BCUT2D eigenvalue weighted by Crippen LogP contribution is -2.56. The van der Waals surface area contributed by atoms with E-state index in [1.165, 1.54) is 0 Å². The van der Waals surface area contributed by atoms with Crippen LogP contribution >= 0.6 is 0 Å². The molecule has 0 fully saturated rings. The number of benzene rings is 1. The Morgan fingerprint density at radius 2 is 1.67 bits per heavy atom. The number of carboxylic acids is 1. The van der Waals surface area contributed by atoms with Gasteiger partial charge in [0.2, 0.25) is 11.8 Å². The van der Waals surface area contributed by atoms with Gasteiger partial charge >= 0.3 is 18.1 Å². The summed E-state index contributed by atoms with van der Waals surface area (Å²) >= 11 is 0. The molecule has 5 amide bonds. The van der Waals surface area contributed by atoms with Gasteiger partial charge in [0.05, 0.1) is 19.3 Å². The largest absolute Gasteiger partial charge is 0.494 e. The van der Waals surface area contributed by atoms with E-state index in [4.69, 9.17) is 14.2 Å². The van der Waals surface area contributed by atoms with Crippen LogP contribution in [0.15, 0.2) is 24.3 Å². The average molecular weight is 677 g/mol. The van der Waals surface area contributed by atoms with Gasteiger partial charge in [-0.3, -0.25) is 9.59 Å². The molecule has 1 unspecified atom stereocenters. The first-order valence-electron chi connectivity index (χ1n) is 16.8. The van der Waals surface area contributed by atoms with Crippen LogP contribution in [0.25, 0.3) is 0 Å². The number of rotatable bonds is 9. The van der Waals surface area contributed by atoms with Crippen LogP contribution in [-0.2, 0) is 30.3 Å². The highest BCUT2D eigenvalue weighted by molar-refractivity contribution is 5.95. The van der Waals surface area contributed by atoms with Crippen LogP contribution in [0.4, 0.5) is 9.59 Å². The Morgan fingerprint density at radius 1 is 1.02 bits per heavy atom. The fraction of sp³-hybridized carbons (Fsp3) is 0.686. The van der Waals surface area contributed by atoms with Crippen LogP contribution in [0.2, 0.25) is 0 Å². The third-order valence-corrected chi connectivity index (χ3v) is 7.60. The van der Waals surface area contributed by atoms with Crippen molar-refractivity contribution in [1.29, 1.82) is 0 Å². The first kappa shape index (κ1) is 40.3. The molecule has 2 aliphatic rings. The van der Waals surface area contributed by atoms with Gasteiger partial charge in [0, 0.05) is 25.0 Å². The number of ether oxygens (including phenoxy) is 3. The van der Waals surface area contributed by atoms with Crippen molar-refractivity contribution >= 4 is 29.9 Å². The lowest BCUT2D eigenvalue weighted by atomic mass is 9.94. The first-order valence-corrected chi connectivity index (χ1v) is 16.8. The molecule has 0 saturated heterocycles. The van der Waals surface area contributed by atoms with E-state index < -0.39 is 53.0 Å². The van der Waals surface area contributed by atoms with E-state index >= 15 is 0 Å². The zero-order valence-corrected chi connectivity index (χ0v) is 29.9. The van der Waals surface area contributed by atoms with E-state index in [-0.39, 0.29) is 44.2 Å². The molecule has 13 heteroatoms. The Hall–Kier alpha value is -3.87. The predicted octanol–water partition coefficient (Wildman–Crippen LogP) is 4.66. The SMILES string of the molecule is CC(C)[C@H]1COCCCCOc2ccc(cc2)C[C@@H](NC(=O)NC(CCCCN(C(=O)OC(C)(C)C)C(=O)C(C)(C)C)C(=O)O)C(=O)N1. The highest BCUT2D eigenvalue weighted by Gasteiger charge is 2.34. The van der Waals surface area contributed by atoms with E-state index in [2.05, 4.69) is 16.0 Å². The van der Waals surface area contributed by atoms with E-state index in [9.17, 15) is 29.1 Å². The molecule has 2 bridgehead atoms. The van der Waals surface area contributed by atoms with Gasteiger partial charge in [-0.25, -0.2) is 19.3 Å². The summed E-state index contributed by atoms with van der Waals surface area (Å²) in [5.74, 6) is -1.33. The summed E-state index contributed by atoms with van der Waals surface area (Å²) in [7, 11) is 0. The molecule has 2 aliphatic heterocycles. The molecule has 0 saturated carbocycles. The Kier molecular flexibility index (Phi) is 15.6.